The van der Waals surface area contributed by atoms with Gasteiger partial charge in [0.05, 0.1) is 6.04 Å². The van der Waals surface area contributed by atoms with E-state index in [1.54, 1.807) is 0 Å². The molecule has 0 radical (unpaired) electrons. The first kappa shape index (κ1) is 11.0. The van der Waals surface area contributed by atoms with E-state index in [1.165, 1.54) is 44.7 Å². The van der Waals surface area contributed by atoms with Crippen molar-refractivity contribution in [3.05, 3.63) is 17.7 Å². The van der Waals surface area contributed by atoms with Crippen molar-refractivity contribution in [2.75, 3.05) is 32.7 Å². The lowest BCUT2D eigenvalue weighted by Crippen LogP contribution is -2.57. The second-order valence-electron chi connectivity index (χ2n) is 5.80. The minimum absolute atomic E-state index is 0.488. The third kappa shape index (κ3) is 2.06. The average molecular weight is 247 g/mol. The SMILES string of the molecule is c1nc(C2CN3CCN2CC3)[nH]c1CNC1CC1. The number of nitrogens with one attached hydrogen (secondary N) is 2. The van der Waals surface area contributed by atoms with Gasteiger partial charge in [-0.15, -0.1) is 0 Å². The monoisotopic (exact) mass is 247 g/mol. The summed E-state index contributed by atoms with van der Waals surface area (Å²) in [5, 5.41) is 3.53. The topological polar surface area (TPSA) is 47.2 Å². The second kappa shape index (κ2) is 4.33. The van der Waals surface area contributed by atoms with Crippen molar-refractivity contribution in [2.45, 2.75) is 31.5 Å². The van der Waals surface area contributed by atoms with E-state index >= 15 is 0 Å². The van der Waals surface area contributed by atoms with Gasteiger partial charge in [0.25, 0.3) is 0 Å². The van der Waals surface area contributed by atoms with E-state index in [0.29, 0.717) is 6.04 Å². The van der Waals surface area contributed by atoms with Crippen LogP contribution in [0.25, 0.3) is 0 Å². The summed E-state index contributed by atoms with van der Waals surface area (Å²) in [6.07, 6.45) is 4.68. The van der Waals surface area contributed by atoms with Gasteiger partial charge >= 0.3 is 0 Å². The molecule has 3 saturated heterocycles. The maximum Gasteiger partial charge on any atom is 0.125 e. The molecule has 1 saturated carbocycles. The number of imidazole rings is 1. The van der Waals surface area contributed by atoms with Crippen molar-refractivity contribution in [2.24, 2.45) is 0 Å². The zero-order chi connectivity index (χ0) is 11.9. The third-order valence-electron chi connectivity index (χ3n) is 4.40. The number of aromatic amines is 1. The smallest absolute Gasteiger partial charge is 0.125 e. The highest BCUT2D eigenvalue weighted by Crippen LogP contribution is 2.27. The number of hydrogen-bond acceptors (Lipinski definition) is 4. The highest BCUT2D eigenvalue weighted by molar-refractivity contribution is 5.08. The van der Waals surface area contributed by atoms with Crippen LogP contribution in [0.15, 0.2) is 6.20 Å². The zero-order valence-corrected chi connectivity index (χ0v) is 10.7. The largest absolute Gasteiger partial charge is 0.343 e. The van der Waals surface area contributed by atoms with Gasteiger partial charge in [0.1, 0.15) is 5.82 Å². The highest BCUT2D eigenvalue weighted by atomic mass is 15.4. The van der Waals surface area contributed by atoms with Crippen LogP contribution in [-0.4, -0.2) is 58.5 Å². The molecule has 5 nitrogen and oxygen atoms in total. The minimum atomic E-state index is 0.488. The van der Waals surface area contributed by atoms with Crippen molar-refractivity contribution in [3.8, 4) is 0 Å². The second-order valence-corrected chi connectivity index (χ2v) is 5.80. The molecule has 98 valence electrons. The first-order valence-corrected chi connectivity index (χ1v) is 7.12. The number of piperazine rings is 3. The van der Waals surface area contributed by atoms with Gasteiger partial charge in [-0.05, 0) is 12.8 Å². The molecule has 4 fully saturated rings. The fraction of sp³-hybridized carbons (Fsp3) is 0.769. The molecule has 1 unspecified atom stereocenters. The van der Waals surface area contributed by atoms with Crippen molar-refractivity contribution in [1.29, 1.82) is 0 Å². The van der Waals surface area contributed by atoms with Gasteiger partial charge in [0, 0.05) is 57.2 Å². The molecule has 0 amide bonds. The van der Waals surface area contributed by atoms with Crippen LogP contribution < -0.4 is 5.32 Å². The quantitative estimate of drug-likeness (QED) is 0.805. The van der Waals surface area contributed by atoms with Gasteiger partial charge in [-0.3, -0.25) is 9.80 Å². The highest BCUT2D eigenvalue weighted by Gasteiger charge is 2.34. The van der Waals surface area contributed by atoms with Gasteiger partial charge in [-0.2, -0.15) is 0 Å². The third-order valence-corrected chi connectivity index (χ3v) is 4.40. The lowest BCUT2D eigenvalue weighted by atomic mass is 10.1. The molecular formula is C13H21N5. The molecule has 4 heterocycles. The Hall–Kier alpha value is -0.910. The van der Waals surface area contributed by atoms with Gasteiger partial charge in [-0.25, -0.2) is 4.98 Å². The Bertz CT molecular complexity index is 417. The number of fused-ring (bicyclic) bond motifs is 3. The molecule has 5 heteroatoms. The summed E-state index contributed by atoms with van der Waals surface area (Å²) in [6, 6.07) is 1.25. The van der Waals surface area contributed by atoms with Crippen LogP contribution in [0.2, 0.25) is 0 Å². The lowest BCUT2D eigenvalue weighted by Gasteiger charge is -2.46. The van der Waals surface area contributed by atoms with Gasteiger partial charge in [-0.1, -0.05) is 0 Å². The van der Waals surface area contributed by atoms with E-state index < -0.39 is 0 Å². The van der Waals surface area contributed by atoms with E-state index in [9.17, 15) is 0 Å². The molecule has 18 heavy (non-hydrogen) atoms. The Morgan fingerprint density at radius 1 is 1.28 bits per heavy atom. The zero-order valence-electron chi connectivity index (χ0n) is 10.7. The standard InChI is InChI=1S/C13H21N5/c1-2-10(1)14-7-11-8-15-13(16-11)12-9-17-3-5-18(12)6-4-17/h8,10,12,14H,1-7,9H2,(H,15,16). The van der Waals surface area contributed by atoms with E-state index in [0.717, 1.165) is 25.0 Å². The average Bonchev–Trinajstić information content (AvgIpc) is 3.15. The molecular weight excluding hydrogens is 226 g/mol. The molecule has 2 N–H and O–H groups in total. The Morgan fingerprint density at radius 3 is 2.78 bits per heavy atom. The maximum atomic E-state index is 4.59. The summed E-state index contributed by atoms with van der Waals surface area (Å²) in [4.78, 5) is 13.2. The fourth-order valence-corrected chi connectivity index (χ4v) is 3.05. The summed E-state index contributed by atoms with van der Waals surface area (Å²) in [7, 11) is 0. The van der Waals surface area contributed by atoms with Crippen LogP contribution in [0, 0.1) is 0 Å². The molecule has 1 atom stereocenters. The van der Waals surface area contributed by atoms with Gasteiger partial charge in [0.2, 0.25) is 0 Å². The summed E-state index contributed by atoms with van der Waals surface area (Å²) in [6.45, 7) is 6.93. The van der Waals surface area contributed by atoms with Crippen LogP contribution in [0.5, 0.6) is 0 Å². The van der Waals surface area contributed by atoms with Gasteiger partial charge in [0.15, 0.2) is 0 Å². The van der Waals surface area contributed by atoms with E-state index in [4.69, 9.17) is 0 Å². The summed E-state index contributed by atoms with van der Waals surface area (Å²) < 4.78 is 0. The number of H-pyrrole nitrogens is 1. The first-order valence-electron chi connectivity index (χ1n) is 7.12. The Kier molecular flexibility index (Phi) is 2.64. The summed E-state index contributed by atoms with van der Waals surface area (Å²) >= 11 is 0. The van der Waals surface area contributed by atoms with Gasteiger partial charge < -0.3 is 10.3 Å². The maximum absolute atomic E-state index is 4.59. The van der Waals surface area contributed by atoms with E-state index in [2.05, 4.69) is 25.1 Å². The molecule has 1 aromatic heterocycles. The van der Waals surface area contributed by atoms with Crippen LogP contribution >= 0.6 is 0 Å². The number of aromatic nitrogens is 2. The van der Waals surface area contributed by atoms with Crippen LogP contribution in [0.4, 0.5) is 0 Å². The van der Waals surface area contributed by atoms with Crippen molar-refractivity contribution >= 4 is 0 Å². The molecule has 0 aromatic carbocycles. The minimum Gasteiger partial charge on any atom is -0.343 e. The Morgan fingerprint density at radius 2 is 2.11 bits per heavy atom. The van der Waals surface area contributed by atoms with Crippen LogP contribution in [0.1, 0.15) is 30.4 Å². The Labute approximate surface area is 108 Å². The molecule has 1 aliphatic carbocycles. The van der Waals surface area contributed by atoms with E-state index in [1.807, 2.05) is 6.20 Å². The van der Waals surface area contributed by atoms with Crippen molar-refractivity contribution in [1.82, 2.24) is 25.1 Å². The van der Waals surface area contributed by atoms with Crippen molar-refractivity contribution in [3.63, 3.8) is 0 Å². The predicted molar refractivity (Wildman–Crippen MR) is 69.2 cm³/mol. The fourth-order valence-electron chi connectivity index (χ4n) is 3.05. The molecule has 2 bridgehead atoms. The normalized spacial score (nSPS) is 35.0. The Balaban J connectivity index is 1.44. The lowest BCUT2D eigenvalue weighted by molar-refractivity contribution is 0.00895. The summed E-state index contributed by atoms with van der Waals surface area (Å²) in [5.74, 6) is 1.16. The van der Waals surface area contributed by atoms with Crippen molar-refractivity contribution < 1.29 is 0 Å². The predicted octanol–water partition coefficient (Wildman–Crippen LogP) is 0.334. The number of rotatable bonds is 4. The van der Waals surface area contributed by atoms with E-state index in [-0.39, 0.29) is 0 Å². The number of hydrogen-bond donors (Lipinski definition) is 2. The summed E-state index contributed by atoms with van der Waals surface area (Å²) in [5.41, 5.74) is 1.23. The molecule has 1 aromatic rings. The molecule has 3 aliphatic heterocycles. The molecule has 4 aliphatic rings. The first-order chi connectivity index (χ1) is 8.88. The number of nitrogens with zero attached hydrogens (tertiary/aromatic N) is 3. The van der Waals surface area contributed by atoms with Crippen LogP contribution in [-0.2, 0) is 6.54 Å². The van der Waals surface area contributed by atoms with Crippen LogP contribution in [0.3, 0.4) is 0 Å². The molecule has 0 spiro atoms. The molecule has 5 rings (SSSR count).